The number of rotatable bonds is 4. The molecule has 136 valence electrons. The molecule has 0 aliphatic carbocycles. The van der Waals surface area contributed by atoms with Crippen LogP contribution in [0.5, 0.6) is 0 Å². The van der Waals surface area contributed by atoms with Gasteiger partial charge in [-0.1, -0.05) is 23.8 Å². The lowest BCUT2D eigenvalue weighted by atomic mass is 9.98. The first kappa shape index (κ1) is 16.9. The molecule has 0 radical (unpaired) electrons. The van der Waals surface area contributed by atoms with Crippen LogP contribution in [0.15, 0.2) is 57.6 Å². The van der Waals surface area contributed by atoms with Crippen LogP contribution in [0.2, 0.25) is 0 Å². The number of hydrogen-bond donors (Lipinski definition) is 0. The summed E-state index contributed by atoms with van der Waals surface area (Å²) in [6.07, 6.45) is 1.08. The Morgan fingerprint density at radius 3 is 2.93 bits per heavy atom. The van der Waals surface area contributed by atoms with Gasteiger partial charge < -0.3 is 4.42 Å². The van der Waals surface area contributed by atoms with E-state index in [1.54, 1.807) is 0 Å². The van der Waals surface area contributed by atoms with Crippen LogP contribution in [0.1, 0.15) is 32.8 Å². The minimum atomic E-state index is 0.273. The number of fused-ring (bicyclic) bond motifs is 1. The van der Waals surface area contributed by atoms with Gasteiger partial charge in [-0.25, -0.2) is 0 Å². The quantitative estimate of drug-likeness (QED) is 0.471. The van der Waals surface area contributed by atoms with Gasteiger partial charge in [0.15, 0.2) is 0 Å². The van der Waals surface area contributed by atoms with Crippen molar-refractivity contribution in [2.75, 3.05) is 6.54 Å². The second-order valence-electron chi connectivity index (χ2n) is 6.81. The van der Waals surface area contributed by atoms with Crippen LogP contribution in [0.3, 0.4) is 0 Å². The Hall–Kier alpha value is -2.28. The summed E-state index contributed by atoms with van der Waals surface area (Å²) in [7, 11) is 0. The standard InChI is InChI=1S/C21H19N3OS2/c1-14-4-2-5-15(12-14)21-23-22-19(25-21)13-24-9-7-17-16(8-11-27-17)20(24)18-6-3-10-26-18/h2-6,8,10-12,20H,7,9,13H2,1H3. The minimum Gasteiger partial charge on any atom is -0.419 e. The molecule has 0 saturated heterocycles. The molecule has 27 heavy (non-hydrogen) atoms. The second-order valence-corrected chi connectivity index (χ2v) is 8.79. The molecule has 4 aromatic rings. The van der Waals surface area contributed by atoms with Crippen LogP contribution in [-0.2, 0) is 13.0 Å². The molecule has 1 atom stereocenters. The largest absolute Gasteiger partial charge is 0.419 e. The fraction of sp³-hybridized carbons (Fsp3) is 0.238. The van der Waals surface area contributed by atoms with Crippen molar-refractivity contribution in [1.82, 2.24) is 15.1 Å². The second kappa shape index (κ2) is 7.03. The van der Waals surface area contributed by atoms with Gasteiger partial charge in [0.2, 0.25) is 11.8 Å². The smallest absolute Gasteiger partial charge is 0.247 e. The number of aryl methyl sites for hydroxylation is 1. The predicted molar refractivity (Wildman–Crippen MR) is 109 cm³/mol. The van der Waals surface area contributed by atoms with Crippen LogP contribution in [0.4, 0.5) is 0 Å². The summed E-state index contributed by atoms with van der Waals surface area (Å²) in [6, 6.07) is 15.1. The molecular weight excluding hydrogens is 374 g/mol. The highest BCUT2D eigenvalue weighted by Crippen LogP contribution is 2.40. The molecular formula is C21H19N3OS2. The first-order chi connectivity index (χ1) is 13.3. The van der Waals surface area contributed by atoms with E-state index in [-0.39, 0.29) is 6.04 Å². The zero-order chi connectivity index (χ0) is 18.2. The zero-order valence-electron chi connectivity index (χ0n) is 15.0. The lowest BCUT2D eigenvalue weighted by Crippen LogP contribution is -2.34. The minimum absolute atomic E-state index is 0.273. The van der Waals surface area contributed by atoms with Gasteiger partial charge in [-0.15, -0.1) is 32.9 Å². The van der Waals surface area contributed by atoms with Crippen LogP contribution in [-0.4, -0.2) is 21.6 Å². The molecule has 0 spiro atoms. The number of benzene rings is 1. The number of thiophene rings is 2. The summed E-state index contributed by atoms with van der Waals surface area (Å²) in [5.74, 6) is 1.27. The summed E-state index contributed by atoms with van der Waals surface area (Å²) in [5.41, 5.74) is 3.58. The van der Waals surface area contributed by atoms with Gasteiger partial charge in [0.05, 0.1) is 12.6 Å². The molecule has 0 fully saturated rings. The molecule has 1 unspecified atom stereocenters. The lowest BCUT2D eigenvalue weighted by molar-refractivity contribution is 0.189. The van der Waals surface area contributed by atoms with Gasteiger partial charge in [0, 0.05) is 21.9 Å². The zero-order valence-corrected chi connectivity index (χ0v) is 16.6. The summed E-state index contributed by atoms with van der Waals surface area (Å²) < 4.78 is 6.00. The molecule has 1 aliphatic heterocycles. The van der Waals surface area contributed by atoms with Crippen LogP contribution < -0.4 is 0 Å². The highest BCUT2D eigenvalue weighted by atomic mass is 32.1. The van der Waals surface area contributed by atoms with Crippen molar-refractivity contribution in [3.63, 3.8) is 0 Å². The van der Waals surface area contributed by atoms with Gasteiger partial charge in [0.1, 0.15) is 0 Å². The Balaban J connectivity index is 1.43. The van der Waals surface area contributed by atoms with Crippen molar-refractivity contribution in [2.24, 2.45) is 0 Å². The van der Waals surface area contributed by atoms with Gasteiger partial charge in [0.25, 0.3) is 0 Å². The summed E-state index contributed by atoms with van der Waals surface area (Å²) in [5, 5.41) is 13.0. The van der Waals surface area contributed by atoms with Crippen LogP contribution >= 0.6 is 22.7 Å². The molecule has 1 aliphatic rings. The van der Waals surface area contributed by atoms with E-state index < -0.39 is 0 Å². The molecule has 4 nitrogen and oxygen atoms in total. The normalized spacial score (nSPS) is 17.1. The van der Waals surface area contributed by atoms with Crippen molar-refractivity contribution in [1.29, 1.82) is 0 Å². The Morgan fingerprint density at radius 2 is 2.07 bits per heavy atom. The Morgan fingerprint density at radius 1 is 1.11 bits per heavy atom. The molecule has 6 heteroatoms. The fourth-order valence-corrected chi connectivity index (χ4v) is 5.48. The monoisotopic (exact) mass is 393 g/mol. The third-order valence-electron chi connectivity index (χ3n) is 4.95. The summed E-state index contributed by atoms with van der Waals surface area (Å²) in [6.45, 7) is 3.73. The molecule has 0 amide bonds. The average Bonchev–Trinajstić information content (AvgIpc) is 3.43. The van der Waals surface area contributed by atoms with Gasteiger partial charge in [-0.2, -0.15) is 0 Å². The van der Waals surface area contributed by atoms with Gasteiger partial charge >= 0.3 is 0 Å². The molecule has 0 bridgehead atoms. The predicted octanol–water partition coefficient (Wildman–Crippen LogP) is 5.32. The SMILES string of the molecule is Cc1cccc(-c2nnc(CN3CCc4sccc4C3c3cccs3)o2)c1. The lowest BCUT2D eigenvalue weighted by Gasteiger charge is -2.34. The molecule has 0 N–H and O–H groups in total. The van der Waals surface area contributed by atoms with Crippen molar-refractivity contribution >= 4 is 22.7 Å². The van der Waals surface area contributed by atoms with E-state index in [0.29, 0.717) is 18.3 Å². The molecule has 0 saturated carbocycles. The van der Waals surface area contributed by atoms with E-state index in [4.69, 9.17) is 4.42 Å². The van der Waals surface area contributed by atoms with E-state index in [9.17, 15) is 0 Å². The topological polar surface area (TPSA) is 42.2 Å². The Kier molecular flexibility index (Phi) is 4.39. The third kappa shape index (κ3) is 3.25. The molecule has 3 aromatic heterocycles. The maximum Gasteiger partial charge on any atom is 0.247 e. The maximum atomic E-state index is 6.00. The number of hydrogen-bond acceptors (Lipinski definition) is 6. The van der Waals surface area contributed by atoms with Crippen molar-refractivity contribution in [3.8, 4) is 11.5 Å². The molecule has 5 rings (SSSR count). The van der Waals surface area contributed by atoms with Crippen molar-refractivity contribution in [3.05, 3.63) is 80.0 Å². The van der Waals surface area contributed by atoms with Crippen LogP contribution in [0, 0.1) is 6.92 Å². The highest BCUT2D eigenvalue weighted by Gasteiger charge is 2.31. The molecule has 1 aromatic carbocycles. The number of nitrogens with zero attached hydrogens (tertiary/aromatic N) is 3. The van der Waals surface area contributed by atoms with Crippen molar-refractivity contribution < 1.29 is 4.42 Å². The first-order valence-corrected chi connectivity index (χ1v) is 10.8. The number of aromatic nitrogens is 2. The summed E-state index contributed by atoms with van der Waals surface area (Å²) >= 11 is 3.67. The Bertz CT molecular complexity index is 1050. The Labute approximate surface area is 166 Å². The van der Waals surface area contributed by atoms with Gasteiger partial charge in [-0.3, -0.25) is 4.90 Å². The third-order valence-corrected chi connectivity index (χ3v) is 6.87. The first-order valence-electron chi connectivity index (χ1n) is 9.01. The summed E-state index contributed by atoms with van der Waals surface area (Å²) in [4.78, 5) is 5.32. The van der Waals surface area contributed by atoms with Crippen LogP contribution in [0.25, 0.3) is 11.5 Å². The van der Waals surface area contributed by atoms with E-state index in [1.807, 2.05) is 34.8 Å². The average molecular weight is 394 g/mol. The fourth-order valence-electron chi connectivity index (χ4n) is 3.70. The van der Waals surface area contributed by atoms with Gasteiger partial charge in [-0.05, 0) is 53.9 Å². The van der Waals surface area contributed by atoms with E-state index >= 15 is 0 Å². The van der Waals surface area contributed by atoms with E-state index in [2.05, 4.69) is 63.1 Å². The van der Waals surface area contributed by atoms with E-state index in [0.717, 1.165) is 18.5 Å². The van der Waals surface area contributed by atoms with E-state index in [1.165, 1.54) is 20.9 Å². The highest BCUT2D eigenvalue weighted by molar-refractivity contribution is 7.10. The molecule has 4 heterocycles. The van der Waals surface area contributed by atoms with Crippen molar-refractivity contribution in [2.45, 2.75) is 25.9 Å². The maximum absolute atomic E-state index is 6.00.